The molecule has 7 nitrogen and oxygen atoms in total. The minimum atomic E-state index is -0.145. The highest BCUT2D eigenvalue weighted by molar-refractivity contribution is 5.44. The van der Waals surface area contributed by atoms with Gasteiger partial charge < -0.3 is 14.1 Å². The number of nitriles is 1. The summed E-state index contributed by atoms with van der Waals surface area (Å²) in [6.07, 6.45) is 4.03. The number of rotatable bonds is 6. The first-order valence-electron chi connectivity index (χ1n) is 10.8. The van der Waals surface area contributed by atoms with Gasteiger partial charge in [0.25, 0.3) is 0 Å². The zero-order chi connectivity index (χ0) is 21.9. The molecule has 0 unspecified atom stereocenters. The molecule has 1 aromatic carbocycles. The summed E-state index contributed by atoms with van der Waals surface area (Å²) in [4.78, 5) is 21.2. The average molecular weight is 428 g/mol. The third kappa shape index (κ3) is 4.36. The molecule has 0 atom stereocenters. The summed E-state index contributed by atoms with van der Waals surface area (Å²) in [6.45, 7) is 4.49. The molecule has 0 N–H and O–H groups in total. The van der Waals surface area contributed by atoms with E-state index in [0.717, 1.165) is 38.4 Å². The number of fused-ring (bicyclic) bond motifs is 1. The van der Waals surface area contributed by atoms with E-state index in [-0.39, 0.29) is 11.2 Å². The molecule has 0 amide bonds. The van der Waals surface area contributed by atoms with Crippen LogP contribution in [0.15, 0.2) is 64.1 Å². The molecule has 4 heterocycles. The van der Waals surface area contributed by atoms with E-state index < -0.39 is 0 Å². The first kappa shape index (κ1) is 20.3. The Labute approximate surface area is 186 Å². The summed E-state index contributed by atoms with van der Waals surface area (Å²) in [7, 11) is 0. The first-order chi connectivity index (χ1) is 15.7. The highest BCUT2D eigenvalue weighted by Gasteiger charge is 2.28. The Morgan fingerprint density at radius 1 is 1.19 bits per heavy atom. The SMILES string of the molecule is N#Cc1ccc(N2CC(COc3coc(CN4CCc5ccccc5C4)cc3=O)C2)nc1. The van der Waals surface area contributed by atoms with Crippen LogP contribution in [0.3, 0.4) is 0 Å². The Kier molecular flexibility index (Phi) is 5.61. The summed E-state index contributed by atoms with van der Waals surface area (Å²) in [5.41, 5.74) is 3.15. The number of benzene rings is 1. The molecule has 0 aliphatic carbocycles. The van der Waals surface area contributed by atoms with Crippen LogP contribution >= 0.6 is 0 Å². The van der Waals surface area contributed by atoms with Gasteiger partial charge in [0.1, 0.15) is 23.9 Å². The van der Waals surface area contributed by atoms with Gasteiger partial charge in [-0.3, -0.25) is 9.69 Å². The number of hydrogen-bond acceptors (Lipinski definition) is 7. The molecule has 5 rings (SSSR count). The molecule has 7 heteroatoms. The van der Waals surface area contributed by atoms with Crippen LogP contribution in [0.25, 0.3) is 0 Å². The summed E-state index contributed by atoms with van der Waals surface area (Å²) in [5.74, 6) is 2.08. The normalized spacial score (nSPS) is 16.2. The van der Waals surface area contributed by atoms with Crippen molar-refractivity contribution in [1.82, 2.24) is 9.88 Å². The van der Waals surface area contributed by atoms with Crippen molar-refractivity contribution in [2.75, 3.05) is 31.1 Å². The van der Waals surface area contributed by atoms with Crippen molar-refractivity contribution >= 4 is 5.82 Å². The van der Waals surface area contributed by atoms with Gasteiger partial charge in [0.05, 0.1) is 18.7 Å². The van der Waals surface area contributed by atoms with Gasteiger partial charge in [-0.25, -0.2) is 4.98 Å². The van der Waals surface area contributed by atoms with Gasteiger partial charge in [0.2, 0.25) is 11.2 Å². The molecule has 0 bridgehead atoms. The third-order valence-electron chi connectivity index (χ3n) is 6.07. The summed E-state index contributed by atoms with van der Waals surface area (Å²) >= 11 is 0. The van der Waals surface area contributed by atoms with Crippen molar-refractivity contribution in [2.45, 2.75) is 19.5 Å². The molecule has 2 aromatic heterocycles. The van der Waals surface area contributed by atoms with Crippen LogP contribution in [0, 0.1) is 17.2 Å². The number of nitrogens with zero attached hydrogens (tertiary/aromatic N) is 4. The molecule has 0 radical (unpaired) electrons. The monoisotopic (exact) mass is 428 g/mol. The smallest absolute Gasteiger partial charge is 0.227 e. The lowest BCUT2D eigenvalue weighted by molar-refractivity contribution is 0.205. The Morgan fingerprint density at radius 2 is 2.03 bits per heavy atom. The third-order valence-corrected chi connectivity index (χ3v) is 6.07. The largest absolute Gasteiger partial charge is 0.486 e. The van der Waals surface area contributed by atoms with Crippen LogP contribution in [-0.4, -0.2) is 36.1 Å². The van der Waals surface area contributed by atoms with E-state index in [1.54, 1.807) is 18.3 Å². The quantitative estimate of drug-likeness (QED) is 0.597. The van der Waals surface area contributed by atoms with Crippen molar-refractivity contribution in [1.29, 1.82) is 5.26 Å². The zero-order valence-electron chi connectivity index (χ0n) is 17.7. The van der Waals surface area contributed by atoms with Crippen LogP contribution < -0.4 is 15.1 Å². The highest BCUT2D eigenvalue weighted by atomic mass is 16.5. The van der Waals surface area contributed by atoms with Gasteiger partial charge in [-0.05, 0) is 29.7 Å². The number of anilines is 1. The van der Waals surface area contributed by atoms with Crippen LogP contribution in [0.2, 0.25) is 0 Å². The number of aromatic nitrogens is 1. The predicted octanol–water partition coefficient (Wildman–Crippen LogP) is 2.98. The van der Waals surface area contributed by atoms with Gasteiger partial charge in [-0.2, -0.15) is 5.26 Å². The molecular formula is C25H24N4O3. The van der Waals surface area contributed by atoms with Crippen LogP contribution in [0.4, 0.5) is 5.82 Å². The molecule has 1 saturated heterocycles. The van der Waals surface area contributed by atoms with Crippen LogP contribution in [-0.2, 0) is 19.5 Å². The van der Waals surface area contributed by atoms with Gasteiger partial charge in [-0.15, -0.1) is 0 Å². The molecule has 32 heavy (non-hydrogen) atoms. The van der Waals surface area contributed by atoms with E-state index in [4.69, 9.17) is 14.4 Å². The Hall–Kier alpha value is -3.63. The second-order valence-electron chi connectivity index (χ2n) is 8.40. The maximum Gasteiger partial charge on any atom is 0.227 e. The number of pyridine rings is 1. The lowest BCUT2D eigenvalue weighted by Crippen LogP contribution is -2.49. The minimum absolute atomic E-state index is 0.145. The molecule has 2 aliphatic rings. The lowest BCUT2D eigenvalue weighted by atomic mass is 10.00. The van der Waals surface area contributed by atoms with Crippen molar-refractivity contribution in [3.63, 3.8) is 0 Å². The van der Waals surface area contributed by atoms with E-state index in [9.17, 15) is 4.79 Å². The standard InChI is InChI=1S/C25H24N4O3/c26-10-18-5-6-25(27-11-18)29-12-19(13-29)16-32-24-17-31-22(9-23(24)30)15-28-8-7-20-3-1-2-4-21(20)14-28/h1-6,9,11,17,19H,7-8,12-16H2. The summed E-state index contributed by atoms with van der Waals surface area (Å²) in [5, 5.41) is 8.86. The molecular weight excluding hydrogens is 404 g/mol. The zero-order valence-corrected chi connectivity index (χ0v) is 17.7. The molecule has 1 fully saturated rings. The van der Waals surface area contributed by atoms with Crippen LogP contribution in [0.5, 0.6) is 5.75 Å². The van der Waals surface area contributed by atoms with E-state index in [1.807, 2.05) is 6.07 Å². The summed E-state index contributed by atoms with van der Waals surface area (Å²) < 4.78 is 11.5. The predicted molar refractivity (Wildman–Crippen MR) is 119 cm³/mol. The fraction of sp³-hybridized carbons (Fsp3) is 0.320. The number of ether oxygens (including phenoxy) is 1. The maximum absolute atomic E-state index is 12.5. The van der Waals surface area contributed by atoms with Gasteiger partial charge in [0.15, 0.2) is 0 Å². The van der Waals surface area contributed by atoms with Crippen molar-refractivity contribution < 1.29 is 9.15 Å². The molecule has 0 saturated carbocycles. The minimum Gasteiger partial charge on any atom is -0.486 e. The van der Waals surface area contributed by atoms with E-state index in [1.165, 1.54) is 17.4 Å². The second kappa shape index (κ2) is 8.85. The van der Waals surface area contributed by atoms with Crippen molar-refractivity contribution in [3.05, 3.63) is 87.6 Å². The Bertz CT molecular complexity index is 1190. The fourth-order valence-electron chi connectivity index (χ4n) is 4.25. The Balaban J connectivity index is 1.11. The van der Waals surface area contributed by atoms with Crippen LogP contribution in [0.1, 0.15) is 22.5 Å². The van der Waals surface area contributed by atoms with Gasteiger partial charge >= 0.3 is 0 Å². The Morgan fingerprint density at radius 3 is 2.78 bits per heavy atom. The first-order valence-corrected chi connectivity index (χ1v) is 10.8. The average Bonchev–Trinajstić information content (AvgIpc) is 2.79. The van der Waals surface area contributed by atoms with E-state index >= 15 is 0 Å². The van der Waals surface area contributed by atoms with Crippen molar-refractivity contribution in [3.8, 4) is 11.8 Å². The molecule has 2 aliphatic heterocycles. The number of hydrogen-bond donors (Lipinski definition) is 0. The van der Waals surface area contributed by atoms with E-state index in [2.05, 4.69) is 45.1 Å². The van der Waals surface area contributed by atoms with E-state index in [0.29, 0.717) is 30.4 Å². The molecule has 0 spiro atoms. The highest BCUT2D eigenvalue weighted by Crippen LogP contribution is 2.24. The maximum atomic E-state index is 12.5. The second-order valence-corrected chi connectivity index (χ2v) is 8.40. The molecule has 162 valence electrons. The molecule has 3 aromatic rings. The summed E-state index contributed by atoms with van der Waals surface area (Å²) in [6, 6.07) is 15.7. The van der Waals surface area contributed by atoms with Gasteiger partial charge in [-0.1, -0.05) is 24.3 Å². The topological polar surface area (TPSA) is 82.6 Å². The van der Waals surface area contributed by atoms with Gasteiger partial charge in [0, 0.05) is 44.4 Å². The fourth-order valence-corrected chi connectivity index (χ4v) is 4.25. The lowest BCUT2D eigenvalue weighted by Gasteiger charge is -2.39. The van der Waals surface area contributed by atoms with Crippen molar-refractivity contribution in [2.24, 2.45) is 5.92 Å².